The Kier molecular flexibility index (Phi) is 10.8. The third-order valence-electron chi connectivity index (χ3n) is 6.35. The lowest BCUT2D eigenvalue weighted by Crippen LogP contribution is -2.43. The molecule has 2 aromatic rings. The van der Waals surface area contributed by atoms with Gasteiger partial charge in [0.25, 0.3) is 5.89 Å². The maximum absolute atomic E-state index is 12.2. The van der Waals surface area contributed by atoms with E-state index in [1.807, 2.05) is 18.2 Å². The Balaban J connectivity index is 0.000000482. The van der Waals surface area contributed by atoms with Gasteiger partial charge in [-0.15, -0.1) is 0 Å². The summed E-state index contributed by atoms with van der Waals surface area (Å²) in [5.41, 5.74) is 1.17. The van der Waals surface area contributed by atoms with E-state index in [1.54, 1.807) is 6.07 Å². The molecule has 40 heavy (non-hydrogen) atoms. The molecule has 0 spiro atoms. The largest absolute Gasteiger partial charge is 0.478 e. The number of para-hydroxylation sites is 1. The summed E-state index contributed by atoms with van der Waals surface area (Å²) >= 11 is 0. The van der Waals surface area contributed by atoms with Gasteiger partial charge in [0.1, 0.15) is 0 Å². The average Bonchev–Trinajstić information content (AvgIpc) is 3.63. The predicted octanol–water partition coefficient (Wildman–Crippen LogP) is 2.07. The summed E-state index contributed by atoms with van der Waals surface area (Å²) in [6, 6.07) is 7.23. The molecule has 4 rings (SSSR count). The maximum atomic E-state index is 12.2. The summed E-state index contributed by atoms with van der Waals surface area (Å²) in [7, 11) is -3.18. The highest BCUT2D eigenvalue weighted by Crippen LogP contribution is 2.40. The minimum atomic E-state index is -3.18. The van der Waals surface area contributed by atoms with E-state index in [-0.39, 0.29) is 5.92 Å². The molecule has 1 saturated carbocycles. The van der Waals surface area contributed by atoms with Gasteiger partial charge in [-0.2, -0.15) is 4.98 Å². The van der Waals surface area contributed by atoms with Gasteiger partial charge in [0.2, 0.25) is 10.0 Å². The van der Waals surface area contributed by atoms with E-state index in [4.69, 9.17) is 14.7 Å². The molecule has 2 aliphatic rings. The molecular formula is C25H33N5O9S. The number of piperidine rings is 1. The highest BCUT2D eigenvalue weighted by atomic mass is 32.2. The van der Waals surface area contributed by atoms with Crippen LogP contribution in [0, 0.1) is 5.92 Å². The summed E-state index contributed by atoms with van der Waals surface area (Å²) in [6.07, 6.45) is 5.06. The second-order valence-corrected chi connectivity index (χ2v) is 11.4. The molecule has 1 aliphatic heterocycles. The van der Waals surface area contributed by atoms with Crippen LogP contribution in [0.4, 0.5) is 10.5 Å². The minimum absolute atomic E-state index is 0.211. The van der Waals surface area contributed by atoms with Gasteiger partial charge in [-0.3, -0.25) is 4.90 Å². The third kappa shape index (κ3) is 10.1. The van der Waals surface area contributed by atoms with Crippen molar-refractivity contribution in [2.45, 2.75) is 31.6 Å². The van der Waals surface area contributed by atoms with Crippen molar-refractivity contribution in [3.63, 3.8) is 0 Å². The van der Waals surface area contributed by atoms with Crippen LogP contribution in [0.2, 0.25) is 0 Å². The van der Waals surface area contributed by atoms with Crippen LogP contribution in [-0.4, -0.2) is 95.8 Å². The first-order valence-electron chi connectivity index (χ1n) is 12.7. The molecule has 2 fully saturated rings. The van der Waals surface area contributed by atoms with Gasteiger partial charge >= 0.3 is 18.0 Å². The number of nitrogens with zero attached hydrogens (tertiary/aromatic N) is 4. The van der Waals surface area contributed by atoms with E-state index in [1.165, 1.54) is 4.90 Å². The molecular weight excluding hydrogens is 546 g/mol. The van der Waals surface area contributed by atoms with E-state index in [0.29, 0.717) is 60.7 Å². The van der Waals surface area contributed by atoms with Crippen LogP contribution in [0.15, 0.2) is 40.9 Å². The first-order chi connectivity index (χ1) is 18.9. The fourth-order valence-corrected chi connectivity index (χ4v) is 4.67. The Morgan fingerprint density at radius 1 is 1.07 bits per heavy atom. The number of rotatable bonds is 11. The van der Waals surface area contributed by atoms with E-state index >= 15 is 0 Å². The molecule has 1 aliphatic carbocycles. The molecule has 15 heteroatoms. The van der Waals surface area contributed by atoms with Crippen molar-refractivity contribution in [1.82, 2.24) is 19.8 Å². The summed E-state index contributed by atoms with van der Waals surface area (Å²) in [4.78, 5) is 39.3. The number of carboxylic acid groups (broad SMARTS) is 3. The lowest BCUT2D eigenvalue weighted by Gasteiger charge is -2.34. The predicted molar refractivity (Wildman–Crippen MR) is 144 cm³/mol. The van der Waals surface area contributed by atoms with Crippen molar-refractivity contribution in [3.8, 4) is 11.5 Å². The molecule has 2 heterocycles. The number of benzene rings is 1. The number of aromatic nitrogens is 2. The van der Waals surface area contributed by atoms with Gasteiger partial charge in [0.05, 0.1) is 17.5 Å². The van der Waals surface area contributed by atoms with Crippen LogP contribution in [0.25, 0.3) is 11.5 Å². The Labute approximate surface area is 231 Å². The number of hydrogen-bond donors (Lipinski definition) is 4. The number of carboxylic acids is 2. The smallest absolute Gasteiger partial charge is 0.411 e. The van der Waals surface area contributed by atoms with Crippen molar-refractivity contribution in [3.05, 3.63) is 42.2 Å². The molecule has 0 bridgehead atoms. The van der Waals surface area contributed by atoms with Crippen LogP contribution in [0.1, 0.15) is 37.4 Å². The molecule has 1 saturated heterocycles. The van der Waals surface area contributed by atoms with Crippen molar-refractivity contribution < 1.29 is 42.6 Å². The van der Waals surface area contributed by atoms with Gasteiger partial charge in [-0.1, -0.05) is 17.3 Å². The molecule has 1 aromatic carbocycles. The number of amides is 1. The van der Waals surface area contributed by atoms with Crippen molar-refractivity contribution in [1.29, 1.82) is 0 Å². The Morgan fingerprint density at radius 2 is 1.70 bits per heavy atom. The zero-order valence-corrected chi connectivity index (χ0v) is 22.8. The standard InChI is InChI=1S/C21H29N5O5S.C4H4O4/c1-32(29,30)22-10-13-25-11-8-15(9-12-25)14-26(21(27)28)18-5-3-2-4-17(18)20-23-19(24-31-20)16-6-7-16;5-3(6)1-2-4(7)8/h2-5,15-16,22H,6-14H2,1H3,(H,27,28);1-2H,(H,5,6)(H,7,8). The SMILES string of the molecule is CS(=O)(=O)NCCN1CCC(CN(C(=O)O)c2ccccc2-c2nc(C3CC3)no2)CC1.O=C(O)C=CC(=O)O. The number of sulfonamides is 1. The number of likely N-dealkylation sites (tertiary alicyclic amines) is 1. The Morgan fingerprint density at radius 3 is 2.25 bits per heavy atom. The summed E-state index contributed by atoms with van der Waals surface area (Å²) in [5, 5.41) is 29.6. The monoisotopic (exact) mass is 579 g/mol. The highest BCUT2D eigenvalue weighted by Gasteiger charge is 2.31. The zero-order chi connectivity index (χ0) is 29.3. The molecule has 4 N–H and O–H groups in total. The first kappa shape index (κ1) is 30.7. The van der Waals surface area contributed by atoms with Crippen LogP contribution >= 0.6 is 0 Å². The molecule has 0 atom stereocenters. The van der Waals surface area contributed by atoms with Gasteiger partial charge in [-0.25, -0.2) is 27.5 Å². The lowest BCUT2D eigenvalue weighted by molar-refractivity contribution is -0.134. The number of carbonyl (C=O) groups is 3. The second-order valence-electron chi connectivity index (χ2n) is 9.60. The quantitative estimate of drug-likeness (QED) is 0.283. The number of nitrogens with one attached hydrogen (secondary N) is 1. The zero-order valence-electron chi connectivity index (χ0n) is 22.0. The maximum Gasteiger partial charge on any atom is 0.411 e. The van der Waals surface area contributed by atoms with Crippen molar-refractivity contribution in [2.24, 2.45) is 5.92 Å². The van der Waals surface area contributed by atoms with E-state index in [2.05, 4.69) is 19.8 Å². The van der Waals surface area contributed by atoms with Crippen LogP contribution in [-0.2, 0) is 19.6 Å². The lowest BCUT2D eigenvalue weighted by atomic mass is 9.95. The molecule has 1 amide bonds. The van der Waals surface area contributed by atoms with E-state index in [0.717, 1.165) is 45.0 Å². The van der Waals surface area contributed by atoms with Crippen LogP contribution in [0.5, 0.6) is 0 Å². The number of aliphatic carboxylic acids is 2. The molecule has 0 radical (unpaired) electrons. The van der Waals surface area contributed by atoms with Crippen molar-refractivity contribution >= 4 is 33.7 Å². The van der Waals surface area contributed by atoms with Gasteiger partial charge in [0.15, 0.2) is 5.82 Å². The minimum Gasteiger partial charge on any atom is -0.478 e. The Bertz CT molecular complexity index is 1300. The number of hydrogen-bond acceptors (Lipinski definition) is 9. The molecule has 1 aromatic heterocycles. The summed E-state index contributed by atoms with van der Waals surface area (Å²) < 4.78 is 30.4. The fraction of sp³-hybridized carbons (Fsp3) is 0.480. The van der Waals surface area contributed by atoms with Gasteiger partial charge in [0, 0.05) is 37.7 Å². The second kappa shape index (κ2) is 14.0. The average molecular weight is 580 g/mol. The van der Waals surface area contributed by atoms with Gasteiger partial charge in [-0.05, 0) is 56.8 Å². The topological polar surface area (TPSA) is 203 Å². The van der Waals surface area contributed by atoms with Crippen LogP contribution < -0.4 is 9.62 Å². The van der Waals surface area contributed by atoms with Gasteiger partial charge < -0.3 is 24.7 Å². The van der Waals surface area contributed by atoms with E-state index in [9.17, 15) is 27.9 Å². The normalized spacial score (nSPS) is 16.3. The first-order valence-corrected chi connectivity index (χ1v) is 14.6. The Hall–Kier alpha value is -3.82. The van der Waals surface area contributed by atoms with Crippen LogP contribution in [0.3, 0.4) is 0 Å². The highest BCUT2D eigenvalue weighted by molar-refractivity contribution is 7.88. The third-order valence-corrected chi connectivity index (χ3v) is 7.08. The summed E-state index contributed by atoms with van der Waals surface area (Å²) in [5.74, 6) is -0.910. The molecule has 218 valence electrons. The molecule has 14 nitrogen and oxygen atoms in total. The molecule has 0 unspecified atom stereocenters. The summed E-state index contributed by atoms with van der Waals surface area (Å²) in [6.45, 7) is 3.02. The van der Waals surface area contributed by atoms with Crippen molar-refractivity contribution in [2.75, 3.05) is 43.9 Å². The fourth-order valence-electron chi connectivity index (χ4n) is 4.20. The van der Waals surface area contributed by atoms with E-state index < -0.39 is 28.1 Å². The number of anilines is 1.